The predicted molar refractivity (Wildman–Crippen MR) is 69.0 cm³/mol. The highest BCUT2D eigenvalue weighted by molar-refractivity contribution is 5.55. The Morgan fingerprint density at radius 3 is 2.47 bits per heavy atom. The van der Waals surface area contributed by atoms with Crippen molar-refractivity contribution in [2.45, 2.75) is 25.6 Å². The van der Waals surface area contributed by atoms with Gasteiger partial charge in [0.05, 0.1) is 6.61 Å². The molecule has 0 heterocycles. The minimum atomic E-state index is -4.32. The number of nitrogens with zero attached hydrogens (tertiary/aromatic N) is 1. The summed E-state index contributed by atoms with van der Waals surface area (Å²) in [6, 6.07) is 6.43. The Morgan fingerprint density at radius 2 is 1.95 bits per heavy atom. The molecule has 0 aromatic heterocycles. The van der Waals surface area contributed by atoms with E-state index in [1.165, 1.54) is 0 Å². The maximum absolute atomic E-state index is 12.6. The Kier molecular flexibility index (Phi) is 5.62. The highest BCUT2D eigenvalue weighted by Crippen LogP contribution is 2.29. The maximum Gasteiger partial charge on any atom is 0.405 e. The predicted octanol–water partition coefficient (Wildman–Crippen LogP) is 2.46. The maximum atomic E-state index is 12.6. The van der Waals surface area contributed by atoms with E-state index in [9.17, 15) is 13.2 Å². The van der Waals surface area contributed by atoms with Gasteiger partial charge >= 0.3 is 6.18 Å². The third kappa shape index (κ3) is 4.72. The van der Waals surface area contributed by atoms with Gasteiger partial charge in [0.25, 0.3) is 0 Å². The van der Waals surface area contributed by atoms with E-state index in [0.29, 0.717) is 17.7 Å². The fourth-order valence-electron chi connectivity index (χ4n) is 1.93. The molecule has 0 amide bonds. The van der Waals surface area contributed by atoms with E-state index in [0.717, 1.165) is 4.90 Å². The third-order valence-corrected chi connectivity index (χ3v) is 2.86. The first-order valence-corrected chi connectivity index (χ1v) is 6.16. The summed E-state index contributed by atoms with van der Waals surface area (Å²) < 4.78 is 37.7. The SMILES string of the molecule is CCC(N)c1ccccc1N(CCO)CC(F)(F)F. The molecule has 108 valence electrons. The second kappa shape index (κ2) is 6.77. The van der Waals surface area contributed by atoms with Gasteiger partial charge in [-0.2, -0.15) is 13.2 Å². The molecular formula is C13H19F3N2O. The van der Waals surface area contributed by atoms with Crippen LogP contribution in [0.1, 0.15) is 24.9 Å². The lowest BCUT2D eigenvalue weighted by Gasteiger charge is -2.28. The third-order valence-electron chi connectivity index (χ3n) is 2.86. The van der Waals surface area contributed by atoms with Crippen LogP contribution in [0.3, 0.4) is 0 Å². The van der Waals surface area contributed by atoms with Gasteiger partial charge in [0.15, 0.2) is 0 Å². The molecule has 0 spiro atoms. The number of para-hydroxylation sites is 1. The van der Waals surface area contributed by atoms with Crippen molar-refractivity contribution >= 4 is 5.69 Å². The fraction of sp³-hybridized carbons (Fsp3) is 0.538. The van der Waals surface area contributed by atoms with Crippen molar-refractivity contribution in [3.8, 4) is 0 Å². The number of nitrogens with two attached hydrogens (primary N) is 1. The Hall–Kier alpha value is -1.27. The summed E-state index contributed by atoms with van der Waals surface area (Å²) in [4.78, 5) is 1.12. The molecule has 1 atom stereocenters. The van der Waals surface area contributed by atoms with Gasteiger partial charge in [0.1, 0.15) is 6.54 Å². The number of alkyl halides is 3. The smallest absolute Gasteiger partial charge is 0.395 e. The summed E-state index contributed by atoms with van der Waals surface area (Å²) in [5, 5.41) is 8.94. The van der Waals surface area contributed by atoms with Crippen LogP contribution in [0.2, 0.25) is 0 Å². The van der Waals surface area contributed by atoms with Crippen LogP contribution in [0.15, 0.2) is 24.3 Å². The second-order valence-corrected chi connectivity index (χ2v) is 4.33. The number of hydrogen-bond donors (Lipinski definition) is 2. The standard InChI is InChI=1S/C13H19F3N2O/c1-2-11(17)10-5-3-4-6-12(10)18(7-8-19)9-13(14,15)16/h3-6,11,19H,2,7-9,17H2,1H3. The molecule has 1 rings (SSSR count). The molecular weight excluding hydrogens is 257 g/mol. The van der Waals surface area contributed by atoms with E-state index >= 15 is 0 Å². The lowest BCUT2D eigenvalue weighted by atomic mass is 10.0. The number of aliphatic hydroxyl groups excluding tert-OH is 1. The van der Waals surface area contributed by atoms with Gasteiger partial charge in [0.2, 0.25) is 0 Å². The zero-order valence-electron chi connectivity index (χ0n) is 10.8. The van der Waals surface area contributed by atoms with Gasteiger partial charge in [-0.05, 0) is 18.1 Å². The molecule has 3 nitrogen and oxygen atoms in total. The molecule has 0 saturated heterocycles. The molecule has 3 N–H and O–H groups in total. The topological polar surface area (TPSA) is 49.5 Å². The van der Waals surface area contributed by atoms with Gasteiger partial charge in [-0.15, -0.1) is 0 Å². The summed E-state index contributed by atoms with van der Waals surface area (Å²) in [6.07, 6.45) is -3.69. The van der Waals surface area contributed by atoms with Crippen molar-refractivity contribution < 1.29 is 18.3 Å². The van der Waals surface area contributed by atoms with Crippen LogP contribution < -0.4 is 10.6 Å². The summed E-state index contributed by atoms with van der Waals surface area (Å²) in [6.45, 7) is 0.362. The number of anilines is 1. The van der Waals surface area contributed by atoms with Gasteiger partial charge in [0, 0.05) is 18.3 Å². The molecule has 0 aliphatic heterocycles. The zero-order chi connectivity index (χ0) is 14.5. The molecule has 0 aliphatic rings. The highest BCUT2D eigenvalue weighted by Gasteiger charge is 2.31. The Balaban J connectivity index is 3.08. The molecule has 0 aliphatic carbocycles. The first-order valence-electron chi connectivity index (χ1n) is 6.16. The number of hydrogen-bond acceptors (Lipinski definition) is 3. The molecule has 1 unspecified atom stereocenters. The average Bonchev–Trinajstić information content (AvgIpc) is 2.36. The highest BCUT2D eigenvalue weighted by atomic mass is 19.4. The van der Waals surface area contributed by atoms with E-state index in [1.807, 2.05) is 6.92 Å². The Bertz CT molecular complexity index is 396. The first kappa shape index (κ1) is 15.8. The lowest BCUT2D eigenvalue weighted by Crippen LogP contribution is -2.37. The molecule has 0 saturated carbocycles. The fourth-order valence-corrected chi connectivity index (χ4v) is 1.93. The van der Waals surface area contributed by atoms with Crippen molar-refractivity contribution in [1.29, 1.82) is 0 Å². The first-order chi connectivity index (χ1) is 8.89. The van der Waals surface area contributed by atoms with Gasteiger partial charge in [-0.1, -0.05) is 25.1 Å². The van der Waals surface area contributed by atoms with Crippen molar-refractivity contribution in [3.63, 3.8) is 0 Å². The quantitative estimate of drug-likeness (QED) is 0.839. The molecule has 1 aromatic rings. The molecule has 0 radical (unpaired) electrons. The average molecular weight is 276 g/mol. The van der Waals surface area contributed by atoms with E-state index in [1.54, 1.807) is 24.3 Å². The number of benzene rings is 1. The van der Waals surface area contributed by atoms with Crippen LogP contribution in [0.25, 0.3) is 0 Å². The van der Waals surface area contributed by atoms with E-state index < -0.39 is 12.7 Å². The molecule has 6 heteroatoms. The van der Waals surface area contributed by atoms with Gasteiger partial charge in [-0.3, -0.25) is 0 Å². The van der Waals surface area contributed by atoms with Crippen LogP contribution >= 0.6 is 0 Å². The number of halogens is 3. The van der Waals surface area contributed by atoms with Gasteiger partial charge < -0.3 is 15.7 Å². The van der Waals surface area contributed by atoms with Crippen molar-refractivity contribution in [3.05, 3.63) is 29.8 Å². The Morgan fingerprint density at radius 1 is 1.32 bits per heavy atom. The van der Waals surface area contributed by atoms with Crippen LogP contribution in [0, 0.1) is 0 Å². The monoisotopic (exact) mass is 276 g/mol. The van der Waals surface area contributed by atoms with E-state index in [4.69, 9.17) is 10.8 Å². The zero-order valence-corrected chi connectivity index (χ0v) is 10.8. The molecule has 1 aromatic carbocycles. The van der Waals surface area contributed by atoms with Crippen LogP contribution in [0.5, 0.6) is 0 Å². The summed E-state index contributed by atoms with van der Waals surface area (Å²) >= 11 is 0. The molecule has 0 fully saturated rings. The number of rotatable bonds is 6. The van der Waals surface area contributed by atoms with Crippen molar-refractivity contribution in [2.75, 3.05) is 24.6 Å². The van der Waals surface area contributed by atoms with Crippen molar-refractivity contribution in [1.82, 2.24) is 0 Å². The summed E-state index contributed by atoms with van der Waals surface area (Å²) in [5.74, 6) is 0. The molecule has 0 bridgehead atoms. The lowest BCUT2D eigenvalue weighted by molar-refractivity contribution is -0.119. The number of aliphatic hydroxyl groups is 1. The minimum absolute atomic E-state index is 0.0764. The Labute approximate surface area is 110 Å². The summed E-state index contributed by atoms with van der Waals surface area (Å²) in [5.41, 5.74) is 7.03. The van der Waals surface area contributed by atoms with Crippen LogP contribution in [0.4, 0.5) is 18.9 Å². The van der Waals surface area contributed by atoms with Gasteiger partial charge in [-0.25, -0.2) is 0 Å². The van der Waals surface area contributed by atoms with E-state index in [-0.39, 0.29) is 19.2 Å². The second-order valence-electron chi connectivity index (χ2n) is 4.33. The van der Waals surface area contributed by atoms with Crippen LogP contribution in [-0.2, 0) is 0 Å². The largest absolute Gasteiger partial charge is 0.405 e. The van der Waals surface area contributed by atoms with Crippen LogP contribution in [-0.4, -0.2) is 31.0 Å². The normalized spacial score (nSPS) is 13.4. The summed E-state index contributed by atoms with van der Waals surface area (Å²) in [7, 11) is 0. The van der Waals surface area contributed by atoms with E-state index in [2.05, 4.69) is 0 Å². The van der Waals surface area contributed by atoms with Crippen molar-refractivity contribution in [2.24, 2.45) is 5.73 Å². The minimum Gasteiger partial charge on any atom is -0.395 e. The molecule has 19 heavy (non-hydrogen) atoms.